The van der Waals surface area contributed by atoms with Crippen LogP contribution in [0.2, 0.25) is 0 Å². The van der Waals surface area contributed by atoms with Gasteiger partial charge in [-0.15, -0.1) is 23.2 Å². The van der Waals surface area contributed by atoms with E-state index in [2.05, 4.69) is 25.3 Å². The number of alkyl halides is 2. The van der Waals surface area contributed by atoms with Crippen molar-refractivity contribution in [3.8, 4) is 0 Å². The summed E-state index contributed by atoms with van der Waals surface area (Å²) in [6.45, 7) is 0. The van der Waals surface area contributed by atoms with Crippen molar-refractivity contribution in [1.29, 1.82) is 0 Å². The minimum Gasteiger partial charge on any atom is -0.297 e. The second kappa shape index (κ2) is 5.58. The first-order valence-corrected chi connectivity index (χ1v) is 4.78. The second-order valence-electron chi connectivity index (χ2n) is 1.72. The van der Waals surface area contributed by atoms with E-state index in [9.17, 15) is 4.79 Å². The summed E-state index contributed by atoms with van der Waals surface area (Å²) in [7, 11) is 0. The molecule has 0 radical (unpaired) electrons. The molecule has 0 aromatic rings. The summed E-state index contributed by atoms with van der Waals surface area (Å²) in [5.41, 5.74) is 0. The van der Waals surface area contributed by atoms with Crippen LogP contribution in [0.3, 0.4) is 0 Å². The summed E-state index contributed by atoms with van der Waals surface area (Å²) in [4.78, 5) is 11.0. The first kappa shape index (κ1) is 11.0. The average Bonchev–Trinajstić information content (AvgIpc) is 2.00. The lowest BCUT2D eigenvalue weighted by molar-refractivity contribution is -0.117. The molecule has 0 aliphatic carbocycles. The number of rotatable bonds is 4. The molecule has 0 fully saturated rings. The van der Waals surface area contributed by atoms with Gasteiger partial charge < -0.3 is 0 Å². The molecule has 0 heterocycles. The Labute approximate surface area is 81.3 Å². The van der Waals surface area contributed by atoms with Gasteiger partial charge in [-0.2, -0.15) is 25.3 Å². The fourth-order valence-corrected chi connectivity index (χ4v) is 1.13. The molecule has 5 heteroatoms. The van der Waals surface area contributed by atoms with Gasteiger partial charge in [-0.3, -0.25) is 4.79 Å². The number of hydrogen-bond donors (Lipinski definition) is 2. The highest BCUT2D eigenvalue weighted by Crippen LogP contribution is 2.08. The first-order chi connectivity index (χ1) is 4.63. The minimum atomic E-state index is -0.628. The molecule has 2 unspecified atom stereocenters. The lowest BCUT2D eigenvalue weighted by Crippen LogP contribution is -2.27. The third kappa shape index (κ3) is 3.37. The zero-order chi connectivity index (χ0) is 8.15. The topological polar surface area (TPSA) is 17.1 Å². The molecular formula is C5H8Cl2OS2. The normalized spacial score (nSPS) is 16.4. The van der Waals surface area contributed by atoms with E-state index in [1.807, 2.05) is 0 Å². The second-order valence-corrected chi connectivity index (χ2v) is 3.55. The molecule has 60 valence electrons. The summed E-state index contributed by atoms with van der Waals surface area (Å²) in [6.07, 6.45) is 0. The maximum atomic E-state index is 11.0. The highest BCUT2D eigenvalue weighted by atomic mass is 35.5. The molecule has 10 heavy (non-hydrogen) atoms. The Bertz CT molecular complexity index is 108. The van der Waals surface area contributed by atoms with Crippen molar-refractivity contribution < 1.29 is 4.79 Å². The lowest BCUT2D eigenvalue weighted by atomic mass is 10.2. The lowest BCUT2D eigenvalue weighted by Gasteiger charge is -2.08. The monoisotopic (exact) mass is 218 g/mol. The number of carbonyl (C=O) groups is 1. The molecule has 2 atom stereocenters. The van der Waals surface area contributed by atoms with Crippen molar-refractivity contribution in [1.82, 2.24) is 0 Å². The number of Topliss-reactive ketones (excluding diaryl/α,β-unsaturated/α-hetero) is 1. The third-order valence-electron chi connectivity index (χ3n) is 0.946. The Morgan fingerprint density at radius 3 is 2.40 bits per heavy atom. The van der Waals surface area contributed by atoms with E-state index in [4.69, 9.17) is 23.2 Å². The van der Waals surface area contributed by atoms with Crippen LogP contribution in [0.25, 0.3) is 0 Å². The molecule has 0 saturated heterocycles. The zero-order valence-electron chi connectivity index (χ0n) is 5.13. The predicted molar refractivity (Wildman–Crippen MR) is 52.0 cm³/mol. The standard InChI is InChI=1S/C5H8Cl2OS2/c6-1-3(7)5(8)4(10)2-9/h3-4,9-10H,1-2H2. The Balaban J connectivity index is 3.82. The van der Waals surface area contributed by atoms with Crippen molar-refractivity contribution in [3.05, 3.63) is 0 Å². The van der Waals surface area contributed by atoms with Crippen LogP contribution < -0.4 is 0 Å². The van der Waals surface area contributed by atoms with Crippen LogP contribution in [-0.2, 0) is 4.79 Å². The molecule has 0 aromatic carbocycles. The Kier molecular flexibility index (Phi) is 6.11. The third-order valence-corrected chi connectivity index (χ3v) is 2.87. The molecule has 0 aliphatic heterocycles. The molecule has 1 nitrogen and oxygen atoms in total. The number of thiol groups is 2. The van der Waals surface area contributed by atoms with Crippen LogP contribution in [0.4, 0.5) is 0 Å². The van der Waals surface area contributed by atoms with Gasteiger partial charge >= 0.3 is 0 Å². The predicted octanol–water partition coefficient (Wildman–Crippen LogP) is 1.63. The summed E-state index contributed by atoms with van der Waals surface area (Å²) in [6, 6.07) is 0. The quantitative estimate of drug-likeness (QED) is 0.543. The Morgan fingerprint density at radius 2 is 2.10 bits per heavy atom. The summed E-state index contributed by atoms with van der Waals surface area (Å²) in [5.74, 6) is 0.364. The van der Waals surface area contributed by atoms with Crippen molar-refractivity contribution in [3.63, 3.8) is 0 Å². The van der Waals surface area contributed by atoms with Crippen LogP contribution in [-0.4, -0.2) is 28.0 Å². The van der Waals surface area contributed by atoms with Crippen molar-refractivity contribution in [2.45, 2.75) is 10.6 Å². The largest absolute Gasteiger partial charge is 0.297 e. The minimum absolute atomic E-state index is 0.130. The summed E-state index contributed by atoms with van der Waals surface area (Å²) < 4.78 is 0. The maximum absolute atomic E-state index is 11.0. The fourth-order valence-electron chi connectivity index (χ4n) is 0.375. The van der Waals surface area contributed by atoms with E-state index in [0.717, 1.165) is 0 Å². The van der Waals surface area contributed by atoms with Gasteiger partial charge in [0.05, 0.1) is 5.25 Å². The number of hydrogen-bond acceptors (Lipinski definition) is 3. The van der Waals surface area contributed by atoms with Gasteiger partial charge in [0.25, 0.3) is 0 Å². The SMILES string of the molecule is O=C(C(S)CS)C(Cl)CCl. The van der Waals surface area contributed by atoms with Gasteiger partial charge in [0.2, 0.25) is 0 Å². The molecule has 0 aliphatic rings. The average molecular weight is 219 g/mol. The molecule has 0 spiro atoms. The highest BCUT2D eigenvalue weighted by Gasteiger charge is 2.20. The van der Waals surface area contributed by atoms with Crippen LogP contribution in [0.1, 0.15) is 0 Å². The van der Waals surface area contributed by atoms with E-state index >= 15 is 0 Å². The fraction of sp³-hybridized carbons (Fsp3) is 0.800. The maximum Gasteiger partial charge on any atom is 0.165 e. The molecule has 0 saturated carbocycles. The summed E-state index contributed by atoms with van der Waals surface area (Å²) >= 11 is 18.7. The Morgan fingerprint density at radius 1 is 1.60 bits per heavy atom. The molecule has 0 bridgehead atoms. The van der Waals surface area contributed by atoms with E-state index in [-0.39, 0.29) is 11.7 Å². The van der Waals surface area contributed by atoms with Crippen LogP contribution in [0, 0.1) is 0 Å². The Hall–Kier alpha value is 0.950. The smallest absolute Gasteiger partial charge is 0.165 e. The molecule has 0 rings (SSSR count). The number of carbonyl (C=O) groups excluding carboxylic acids is 1. The van der Waals surface area contributed by atoms with Crippen LogP contribution in [0.5, 0.6) is 0 Å². The van der Waals surface area contributed by atoms with Gasteiger partial charge in [0.1, 0.15) is 5.38 Å². The summed E-state index contributed by atoms with van der Waals surface area (Å²) in [5, 5.41) is -1.03. The van der Waals surface area contributed by atoms with Gasteiger partial charge in [0, 0.05) is 11.6 Å². The van der Waals surface area contributed by atoms with E-state index in [1.165, 1.54) is 0 Å². The van der Waals surface area contributed by atoms with Crippen molar-refractivity contribution >= 4 is 54.2 Å². The van der Waals surface area contributed by atoms with E-state index < -0.39 is 10.6 Å². The molecular weight excluding hydrogens is 211 g/mol. The molecule has 0 amide bonds. The van der Waals surface area contributed by atoms with Gasteiger partial charge in [-0.05, 0) is 0 Å². The van der Waals surface area contributed by atoms with Gasteiger partial charge in [-0.25, -0.2) is 0 Å². The molecule has 0 N–H and O–H groups in total. The molecule has 0 aromatic heterocycles. The first-order valence-electron chi connectivity index (χ1n) is 2.66. The van der Waals surface area contributed by atoms with Gasteiger partial charge in [0.15, 0.2) is 5.78 Å². The number of halogens is 2. The van der Waals surface area contributed by atoms with Crippen molar-refractivity contribution in [2.24, 2.45) is 0 Å². The zero-order valence-corrected chi connectivity index (χ0v) is 8.43. The van der Waals surface area contributed by atoms with Crippen molar-refractivity contribution in [2.75, 3.05) is 11.6 Å². The highest BCUT2D eigenvalue weighted by molar-refractivity contribution is 7.85. The van der Waals surface area contributed by atoms with Crippen LogP contribution >= 0.6 is 48.5 Å². The van der Waals surface area contributed by atoms with E-state index in [0.29, 0.717) is 5.75 Å². The number of ketones is 1. The van der Waals surface area contributed by atoms with Gasteiger partial charge in [-0.1, -0.05) is 0 Å². The van der Waals surface area contributed by atoms with Crippen LogP contribution in [0.15, 0.2) is 0 Å². The van der Waals surface area contributed by atoms with E-state index in [1.54, 1.807) is 0 Å².